The van der Waals surface area contributed by atoms with Gasteiger partial charge in [-0.05, 0) is 49.0 Å². The Labute approximate surface area is 186 Å². The Hall–Kier alpha value is -3.14. The molecule has 4 rings (SSSR count). The molecule has 3 heterocycles. The van der Waals surface area contributed by atoms with Crippen molar-refractivity contribution in [3.05, 3.63) is 72.8 Å². The summed E-state index contributed by atoms with van der Waals surface area (Å²) in [7, 11) is -0.433. The summed E-state index contributed by atoms with van der Waals surface area (Å²) in [6.07, 6.45) is 6.19. The van der Waals surface area contributed by atoms with Crippen LogP contribution in [-0.4, -0.2) is 36.5 Å². The second-order valence-corrected chi connectivity index (χ2v) is 8.41. The van der Waals surface area contributed by atoms with Crippen LogP contribution in [-0.2, 0) is 16.6 Å². The number of nitrogens with zero attached hydrogens (tertiary/aromatic N) is 3. The number of hydrogen-bond donors (Lipinski definition) is 2. The van der Waals surface area contributed by atoms with E-state index in [2.05, 4.69) is 20.6 Å². The Morgan fingerprint density at radius 2 is 1.94 bits per heavy atom. The molecule has 0 aliphatic heterocycles. The molecule has 0 fully saturated rings. The van der Waals surface area contributed by atoms with E-state index < -0.39 is 10.0 Å². The van der Waals surface area contributed by atoms with Crippen LogP contribution in [0, 0.1) is 0 Å². The molecule has 162 valence electrons. The van der Waals surface area contributed by atoms with Crippen LogP contribution in [0.25, 0.3) is 10.9 Å². The summed E-state index contributed by atoms with van der Waals surface area (Å²) in [5.74, 6) is 0.451. The maximum Gasteiger partial charge on any atom is 0.269 e. The Bertz CT molecular complexity index is 1290. The quantitative estimate of drug-likeness (QED) is 0.436. The highest BCUT2D eigenvalue weighted by Crippen LogP contribution is 2.31. The number of benzene rings is 1. The van der Waals surface area contributed by atoms with E-state index in [0.717, 1.165) is 10.9 Å². The molecule has 0 unspecified atom stereocenters. The van der Waals surface area contributed by atoms with Crippen molar-refractivity contribution in [2.45, 2.75) is 11.4 Å². The minimum Gasteiger partial charge on any atom is -0.480 e. The number of methoxy groups -OCH3 is 1. The topological polar surface area (TPSA) is 98.1 Å². The standard InChI is InChI=1S/C21H21N5O3S.ClH/c1-22-12-15-14-26(30(27,28)17-5-3-9-23-13-17)20-11-16(7-8-18(15)20)25-19-6-4-10-24-21(19)29-2;/h3-11,13-14,22,25H,12H2,1-2H3;1H. The van der Waals surface area contributed by atoms with E-state index in [9.17, 15) is 8.42 Å². The van der Waals surface area contributed by atoms with Gasteiger partial charge in [0, 0.05) is 42.4 Å². The van der Waals surface area contributed by atoms with Gasteiger partial charge in [0.05, 0.1) is 12.6 Å². The summed E-state index contributed by atoms with van der Waals surface area (Å²) < 4.78 is 33.2. The Balaban J connectivity index is 0.00000272. The van der Waals surface area contributed by atoms with Gasteiger partial charge in [-0.25, -0.2) is 17.4 Å². The first-order valence-corrected chi connectivity index (χ1v) is 10.7. The predicted molar refractivity (Wildman–Crippen MR) is 123 cm³/mol. The number of aromatic nitrogens is 3. The van der Waals surface area contributed by atoms with Gasteiger partial charge in [-0.1, -0.05) is 6.07 Å². The van der Waals surface area contributed by atoms with Gasteiger partial charge >= 0.3 is 0 Å². The maximum atomic E-state index is 13.3. The Morgan fingerprint density at radius 1 is 1.13 bits per heavy atom. The summed E-state index contributed by atoms with van der Waals surface area (Å²) in [4.78, 5) is 8.26. The van der Waals surface area contributed by atoms with Crippen molar-refractivity contribution >= 4 is 44.7 Å². The Morgan fingerprint density at radius 3 is 2.65 bits per heavy atom. The minimum atomic E-state index is -3.80. The number of halogens is 1. The van der Waals surface area contributed by atoms with Crippen LogP contribution in [0.15, 0.2) is 72.1 Å². The molecule has 0 aliphatic carbocycles. The summed E-state index contributed by atoms with van der Waals surface area (Å²) >= 11 is 0. The van der Waals surface area contributed by atoms with E-state index in [1.807, 2.05) is 25.2 Å². The van der Waals surface area contributed by atoms with E-state index >= 15 is 0 Å². The van der Waals surface area contributed by atoms with Crippen LogP contribution < -0.4 is 15.4 Å². The highest BCUT2D eigenvalue weighted by Gasteiger charge is 2.21. The van der Waals surface area contributed by atoms with Gasteiger partial charge in [-0.3, -0.25) is 4.98 Å². The average Bonchev–Trinajstić information content (AvgIpc) is 3.13. The molecule has 1 aromatic carbocycles. The normalized spacial score (nSPS) is 11.2. The number of fused-ring (bicyclic) bond motifs is 1. The Kier molecular flexibility index (Phi) is 6.79. The molecule has 0 atom stereocenters. The van der Waals surface area contributed by atoms with Crippen LogP contribution in [0.5, 0.6) is 5.88 Å². The lowest BCUT2D eigenvalue weighted by molar-refractivity contribution is 0.400. The first-order chi connectivity index (χ1) is 14.5. The fraction of sp³-hybridized carbons (Fsp3) is 0.143. The van der Waals surface area contributed by atoms with Crippen molar-refractivity contribution in [1.82, 2.24) is 19.3 Å². The van der Waals surface area contributed by atoms with E-state index in [0.29, 0.717) is 29.3 Å². The lowest BCUT2D eigenvalue weighted by Crippen LogP contribution is -2.12. The summed E-state index contributed by atoms with van der Waals surface area (Å²) in [6, 6.07) is 12.4. The van der Waals surface area contributed by atoms with Crippen molar-refractivity contribution in [1.29, 1.82) is 0 Å². The van der Waals surface area contributed by atoms with Gasteiger partial charge < -0.3 is 15.4 Å². The van der Waals surface area contributed by atoms with Crippen molar-refractivity contribution in [3.8, 4) is 5.88 Å². The van der Waals surface area contributed by atoms with Crippen LogP contribution in [0.4, 0.5) is 11.4 Å². The smallest absolute Gasteiger partial charge is 0.269 e. The third kappa shape index (κ3) is 4.34. The van der Waals surface area contributed by atoms with Crippen molar-refractivity contribution in [2.24, 2.45) is 0 Å². The molecule has 0 aliphatic rings. The lowest BCUT2D eigenvalue weighted by atomic mass is 10.1. The van der Waals surface area contributed by atoms with Crippen LogP contribution >= 0.6 is 12.4 Å². The number of ether oxygens (including phenoxy) is 1. The van der Waals surface area contributed by atoms with Gasteiger partial charge in [-0.2, -0.15) is 0 Å². The predicted octanol–water partition coefficient (Wildman–Crippen LogP) is 3.56. The molecule has 0 bridgehead atoms. The third-order valence-corrected chi connectivity index (χ3v) is 6.31. The van der Waals surface area contributed by atoms with Gasteiger partial charge in [0.15, 0.2) is 0 Å². The highest BCUT2D eigenvalue weighted by atomic mass is 35.5. The van der Waals surface area contributed by atoms with Gasteiger partial charge in [0.1, 0.15) is 10.6 Å². The molecule has 0 amide bonds. The molecule has 10 heteroatoms. The third-order valence-electron chi connectivity index (χ3n) is 4.66. The second-order valence-electron chi connectivity index (χ2n) is 6.59. The van der Waals surface area contributed by atoms with Crippen molar-refractivity contribution in [3.63, 3.8) is 0 Å². The number of nitrogens with one attached hydrogen (secondary N) is 2. The monoisotopic (exact) mass is 459 g/mol. The first kappa shape index (κ1) is 22.5. The average molecular weight is 460 g/mol. The highest BCUT2D eigenvalue weighted by molar-refractivity contribution is 7.90. The van der Waals surface area contributed by atoms with Crippen LogP contribution in [0.3, 0.4) is 0 Å². The molecule has 4 aromatic rings. The van der Waals surface area contributed by atoms with Crippen molar-refractivity contribution in [2.75, 3.05) is 19.5 Å². The number of pyridine rings is 2. The van der Waals surface area contributed by atoms with E-state index in [4.69, 9.17) is 4.74 Å². The molecule has 3 aromatic heterocycles. The molecule has 8 nitrogen and oxygen atoms in total. The maximum absolute atomic E-state index is 13.3. The summed E-state index contributed by atoms with van der Waals surface area (Å²) in [5, 5.41) is 7.19. The molecule has 0 spiro atoms. The zero-order chi connectivity index (χ0) is 21.1. The molecule has 31 heavy (non-hydrogen) atoms. The van der Waals surface area contributed by atoms with Gasteiger partial charge in [0.2, 0.25) is 5.88 Å². The second kappa shape index (κ2) is 9.34. The molecule has 0 saturated heterocycles. The molecule has 2 N–H and O–H groups in total. The zero-order valence-corrected chi connectivity index (χ0v) is 18.6. The van der Waals surface area contributed by atoms with E-state index in [-0.39, 0.29) is 17.3 Å². The first-order valence-electron chi connectivity index (χ1n) is 9.25. The summed E-state index contributed by atoms with van der Waals surface area (Å²) in [6.45, 7) is 0.537. The number of hydrogen-bond acceptors (Lipinski definition) is 7. The van der Waals surface area contributed by atoms with E-state index in [1.54, 1.807) is 43.9 Å². The summed E-state index contributed by atoms with van der Waals surface area (Å²) in [5.41, 5.74) is 2.84. The molecular formula is C21H22ClN5O3S. The fourth-order valence-electron chi connectivity index (χ4n) is 3.29. The largest absolute Gasteiger partial charge is 0.480 e. The lowest BCUT2D eigenvalue weighted by Gasteiger charge is -2.11. The van der Waals surface area contributed by atoms with Crippen LogP contribution in [0.1, 0.15) is 5.56 Å². The molecular weight excluding hydrogens is 438 g/mol. The van der Waals surface area contributed by atoms with Crippen LogP contribution in [0.2, 0.25) is 0 Å². The zero-order valence-electron chi connectivity index (χ0n) is 16.9. The number of anilines is 2. The van der Waals surface area contributed by atoms with Gasteiger partial charge in [-0.15, -0.1) is 12.4 Å². The fourth-order valence-corrected chi connectivity index (χ4v) is 4.64. The number of rotatable bonds is 7. The van der Waals surface area contributed by atoms with Crippen molar-refractivity contribution < 1.29 is 13.2 Å². The molecule has 0 saturated carbocycles. The van der Waals surface area contributed by atoms with E-state index in [1.165, 1.54) is 16.2 Å². The minimum absolute atomic E-state index is 0. The molecule has 0 radical (unpaired) electrons. The SMILES string of the molecule is CNCc1cn(S(=O)(=O)c2cccnc2)c2cc(Nc3cccnc3OC)ccc12.Cl. The van der Waals surface area contributed by atoms with Gasteiger partial charge in [0.25, 0.3) is 10.0 Å².